The van der Waals surface area contributed by atoms with Gasteiger partial charge >= 0.3 is 0 Å². The zero-order chi connectivity index (χ0) is 14.2. The van der Waals surface area contributed by atoms with Gasteiger partial charge in [0.15, 0.2) is 0 Å². The number of pyridine rings is 1. The third-order valence-corrected chi connectivity index (χ3v) is 2.66. The van der Waals surface area contributed by atoms with Crippen LogP contribution in [0.25, 0.3) is 0 Å². The van der Waals surface area contributed by atoms with E-state index in [1.54, 1.807) is 0 Å². The van der Waals surface area contributed by atoms with Gasteiger partial charge < -0.3 is 14.8 Å². The van der Waals surface area contributed by atoms with Gasteiger partial charge in [0.1, 0.15) is 11.5 Å². The molecule has 0 aliphatic carbocycles. The minimum Gasteiger partial charge on any atom is -0.494 e. The Balaban J connectivity index is 2.00. The number of ether oxygens (including phenoxy) is 2. The Morgan fingerprint density at radius 3 is 2.50 bits per heavy atom. The van der Waals surface area contributed by atoms with Crippen LogP contribution in [0, 0.1) is 0 Å². The molecule has 0 fully saturated rings. The number of hydrogen-bond acceptors (Lipinski definition) is 4. The first-order valence-electron chi connectivity index (χ1n) is 6.83. The van der Waals surface area contributed by atoms with Crippen molar-refractivity contribution in [2.45, 2.75) is 19.9 Å². The van der Waals surface area contributed by atoms with Gasteiger partial charge in [0.05, 0.1) is 12.3 Å². The van der Waals surface area contributed by atoms with Crippen LogP contribution in [0.1, 0.15) is 19.0 Å². The van der Waals surface area contributed by atoms with Crippen LogP contribution >= 0.6 is 0 Å². The fourth-order valence-electron chi connectivity index (χ4n) is 1.74. The highest BCUT2D eigenvalue weighted by Gasteiger charge is 2.01. The van der Waals surface area contributed by atoms with Crippen molar-refractivity contribution >= 4 is 0 Å². The lowest BCUT2D eigenvalue weighted by molar-refractivity contribution is 0.317. The zero-order valence-electron chi connectivity index (χ0n) is 11.9. The molecule has 1 N–H and O–H groups in total. The zero-order valence-corrected chi connectivity index (χ0v) is 11.9. The van der Waals surface area contributed by atoms with E-state index in [4.69, 9.17) is 9.47 Å². The van der Waals surface area contributed by atoms with Gasteiger partial charge in [-0.2, -0.15) is 0 Å². The highest BCUT2D eigenvalue weighted by Crippen LogP contribution is 2.22. The first-order valence-corrected chi connectivity index (χ1v) is 6.83. The van der Waals surface area contributed by atoms with E-state index in [0.717, 1.165) is 36.8 Å². The van der Waals surface area contributed by atoms with Crippen LogP contribution < -0.4 is 14.8 Å². The van der Waals surface area contributed by atoms with Gasteiger partial charge in [0, 0.05) is 12.6 Å². The fourth-order valence-corrected chi connectivity index (χ4v) is 1.74. The maximum absolute atomic E-state index is 5.73. The summed E-state index contributed by atoms with van der Waals surface area (Å²) in [5.74, 6) is 2.21. The van der Waals surface area contributed by atoms with E-state index < -0.39 is 0 Å². The quantitative estimate of drug-likeness (QED) is 0.839. The van der Waals surface area contributed by atoms with Crippen LogP contribution in [0.15, 0.2) is 42.5 Å². The number of nitrogens with zero attached hydrogens (tertiary/aromatic N) is 1. The van der Waals surface area contributed by atoms with Crippen molar-refractivity contribution in [2.75, 3.05) is 13.7 Å². The SMILES string of the molecule is CCCOc1ccc(Oc2cccc(CNC)n2)cc1. The molecule has 0 atom stereocenters. The summed E-state index contributed by atoms with van der Waals surface area (Å²) in [7, 11) is 1.89. The largest absolute Gasteiger partial charge is 0.494 e. The molecule has 106 valence electrons. The van der Waals surface area contributed by atoms with Crippen LogP contribution in [0.2, 0.25) is 0 Å². The van der Waals surface area contributed by atoms with Crippen LogP contribution in [0.3, 0.4) is 0 Å². The Morgan fingerprint density at radius 2 is 1.80 bits per heavy atom. The number of aromatic nitrogens is 1. The summed E-state index contributed by atoms with van der Waals surface area (Å²) < 4.78 is 11.3. The summed E-state index contributed by atoms with van der Waals surface area (Å²) in [4.78, 5) is 4.41. The smallest absolute Gasteiger partial charge is 0.219 e. The minimum absolute atomic E-state index is 0.597. The predicted molar refractivity (Wildman–Crippen MR) is 79.3 cm³/mol. The molecule has 0 bridgehead atoms. The molecule has 4 nitrogen and oxygen atoms in total. The number of rotatable bonds is 7. The van der Waals surface area contributed by atoms with Gasteiger partial charge in [-0.05, 0) is 43.8 Å². The second-order valence-electron chi connectivity index (χ2n) is 4.42. The summed E-state index contributed by atoms with van der Waals surface area (Å²) in [5, 5.41) is 3.07. The maximum atomic E-state index is 5.73. The predicted octanol–water partition coefficient (Wildman–Crippen LogP) is 3.38. The van der Waals surface area contributed by atoms with Crippen molar-refractivity contribution in [1.29, 1.82) is 0 Å². The van der Waals surface area contributed by atoms with Gasteiger partial charge in [0.25, 0.3) is 0 Å². The topological polar surface area (TPSA) is 43.4 Å². The van der Waals surface area contributed by atoms with Crippen LogP contribution in [0.5, 0.6) is 17.4 Å². The second-order valence-corrected chi connectivity index (χ2v) is 4.42. The minimum atomic E-state index is 0.597. The Hall–Kier alpha value is -2.07. The molecule has 0 amide bonds. The molecule has 0 unspecified atom stereocenters. The summed E-state index contributed by atoms with van der Waals surface area (Å²) in [6, 6.07) is 13.3. The Morgan fingerprint density at radius 1 is 1.05 bits per heavy atom. The molecule has 0 radical (unpaired) electrons. The average Bonchev–Trinajstić information content (AvgIpc) is 2.47. The van der Waals surface area contributed by atoms with Crippen molar-refractivity contribution in [3.63, 3.8) is 0 Å². The van der Waals surface area contributed by atoms with Crippen LogP contribution in [-0.2, 0) is 6.54 Å². The number of nitrogens with one attached hydrogen (secondary N) is 1. The second kappa shape index (κ2) is 7.50. The van der Waals surface area contributed by atoms with Gasteiger partial charge in [-0.3, -0.25) is 0 Å². The maximum Gasteiger partial charge on any atom is 0.219 e. The van der Waals surface area contributed by atoms with E-state index in [0.29, 0.717) is 5.88 Å². The Labute approximate surface area is 119 Å². The molecule has 0 aliphatic heterocycles. The van der Waals surface area contributed by atoms with Crippen molar-refractivity contribution in [2.24, 2.45) is 0 Å². The van der Waals surface area contributed by atoms with E-state index in [9.17, 15) is 0 Å². The van der Waals surface area contributed by atoms with E-state index in [1.807, 2.05) is 49.5 Å². The third kappa shape index (κ3) is 4.24. The van der Waals surface area contributed by atoms with Gasteiger partial charge in [-0.15, -0.1) is 0 Å². The van der Waals surface area contributed by atoms with Crippen molar-refractivity contribution in [3.8, 4) is 17.4 Å². The van der Waals surface area contributed by atoms with Crippen LogP contribution in [-0.4, -0.2) is 18.6 Å². The third-order valence-electron chi connectivity index (χ3n) is 2.66. The molecular formula is C16H20N2O2. The first-order chi connectivity index (χ1) is 9.81. The molecule has 1 aromatic heterocycles. The summed E-state index contributed by atoms with van der Waals surface area (Å²) >= 11 is 0. The summed E-state index contributed by atoms with van der Waals surface area (Å²) in [6.45, 7) is 3.54. The van der Waals surface area contributed by atoms with Crippen molar-refractivity contribution in [3.05, 3.63) is 48.2 Å². The molecule has 20 heavy (non-hydrogen) atoms. The first kappa shape index (κ1) is 14.3. The van der Waals surface area contributed by atoms with Crippen molar-refractivity contribution < 1.29 is 9.47 Å². The van der Waals surface area contributed by atoms with Gasteiger partial charge in [-0.1, -0.05) is 13.0 Å². The fraction of sp³-hybridized carbons (Fsp3) is 0.312. The van der Waals surface area contributed by atoms with Gasteiger partial charge in [0.2, 0.25) is 5.88 Å². The highest BCUT2D eigenvalue weighted by atomic mass is 16.5. The monoisotopic (exact) mass is 272 g/mol. The lowest BCUT2D eigenvalue weighted by Gasteiger charge is -2.08. The Kier molecular flexibility index (Phi) is 5.38. The summed E-state index contributed by atoms with van der Waals surface area (Å²) in [5.41, 5.74) is 0.952. The van der Waals surface area contributed by atoms with E-state index in [1.165, 1.54) is 0 Å². The number of hydrogen-bond donors (Lipinski definition) is 1. The van der Waals surface area contributed by atoms with E-state index >= 15 is 0 Å². The molecule has 0 saturated carbocycles. The number of benzene rings is 1. The molecule has 1 aromatic carbocycles. The molecular weight excluding hydrogens is 252 g/mol. The molecule has 4 heteroatoms. The summed E-state index contributed by atoms with van der Waals surface area (Å²) in [6.07, 6.45) is 1.00. The molecule has 0 aliphatic rings. The molecule has 0 saturated heterocycles. The lowest BCUT2D eigenvalue weighted by Crippen LogP contribution is -2.06. The van der Waals surface area contributed by atoms with Crippen molar-refractivity contribution in [1.82, 2.24) is 10.3 Å². The van der Waals surface area contributed by atoms with Gasteiger partial charge in [-0.25, -0.2) is 4.98 Å². The Bertz CT molecular complexity index is 526. The lowest BCUT2D eigenvalue weighted by atomic mass is 10.3. The van der Waals surface area contributed by atoms with E-state index in [-0.39, 0.29) is 0 Å². The molecule has 2 aromatic rings. The average molecular weight is 272 g/mol. The van der Waals surface area contributed by atoms with E-state index in [2.05, 4.69) is 17.2 Å². The standard InChI is InChI=1S/C16H20N2O2/c1-3-11-19-14-7-9-15(10-8-14)20-16-6-4-5-13(18-16)12-17-2/h4-10,17H,3,11-12H2,1-2H3. The van der Waals surface area contributed by atoms with Crippen LogP contribution in [0.4, 0.5) is 0 Å². The normalized spacial score (nSPS) is 10.3. The molecule has 0 spiro atoms. The highest BCUT2D eigenvalue weighted by molar-refractivity contribution is 5.33. The molecule has 2 rings (SSSR count). The molecule has 1 heterocycles.